The van der Waals surface area contributed by atoms with E-state index in [0.717, 1.165) is 23.3 Å². The molecule has 0 radical (unpaired) electrons. The van der Waals surface area contributed by atoms with Crippen molar-refractivity contribution in [1.82, 2.24) is 9.80 Å². The van der Waals surface area contributed by atoms with E-state index in [1.165, 1.54) is 12.1 Å². The van der Waals surface area contributed by atoms with Crippen LogP contribution >= 0.6 is 22.9 Å². The van der Waals surface area contributed by atoms with Gasteiger partial charge in [-0.1, -0.05) is 29.8 Å². The number of carbonyl (C=O) groups is 2. The molecule has 8 heteroatoms. The van der Waals surface area contributed by atoms with Crippen molar-refractivity contribution >= 4 is 34.8 Å². The highest BCUT2D eigenvalue weighted by Gasteiger charge is 2.35. The fourth-order valence-electron chi connectivity index (χ4n) is 3.44. The molecule has 172 valence electrons. The van der Waals surface area contributed by atoms with Gasteiger partial charge >= 0.3 is 0 Å². The van der Waals surface area contributed by atoms with Gasteiger partial charge < -0.3 is 14.5 Å². The van der Waals surface area contributed by atoms with Crippen molar-refractivity contribution < 1.29 is 18.7 Å². The van der Waals surface area contributed by atoms with Crippen molar-refractivity contribution in [2.75, 3.05) is 13.2 Å². The lowest BCUT2D eigenvalue weighted by Crippen LogP contribution is -2.45. The highest BCUT2D eigenvalue weighted by molar-refractivity contribution is 7.09. The van der Waals surface area contributed by atoms with Gasteiger partial charge in [0.2, 0.25) is 5.91 Å². The molecule has 2 amide bonds. The van der Waals surface area contributed by atoms with E-state index in [0.29, 0.717) is 23.9 Å². The Bertz CT molecular complexity index is 1070. The maximum Gasteiger partial charge on any atom is 0.261 e. The van der Waals surface area contributed by atoms with Gasteiger partial charge in [0.15, 0.2) is 6.61 Å². The molecule has 1 aliphatic rings. The lowest BCUT2D eigenvalue weighted by atomic mass is 10.2. The molecule has 1 saturated carbocycles. The molecule has 0 bridgehead atoms. The van der Waals surface area contributed by atoms with Crippen LogP contribution in [0, 0.1) is 5.82 Å². The summed E-state index contributed by atoms with van der Waals surface area (Å²) in [7, 11) is 0. The first kappa shape index (κ1) is 23.3. The molecule has 1 heterocycles. The molecule has 0 atom stereocenters. The van der Waals surface area contributed by atoms with Crippen LogP contribution < -0.4 is 4.74 Å². The van der Waals surface area contributed by atoms with E-state index in [1.54, 1.807) is 57.5 Å². The Morgan fingerprint density at radius 3 is 2.36 bits per heavy atom. The van der Waals surface area contributed by atoms with E-state index in [4.69, 9.17) is 16.3 Å². The Labute approximate surface area is 201 Å². The molecular weight excluding hydrogens is 463 g/mol. The second-order valence-corrected chi connectivity index (χ2v) is 9.42. The molecule has 1 aromatic heterocycles. The average molecular weight is 487 g/mol. The van der Waals surface area contributed by atoms with Crippen LogP contribution in [-0.4, -0.2) is 40.8 Å². The topological polar surface area (TPSA) is 49.9 Å². The summed E-state index contributed by atoms with van der Waals surface area (Å²) in [5.41, 5.74) is 0.830. The van der Waals surface area contributed by atoms with Crippen molar-refractivity contribution in [3.05, 3.63) is 87.3 Å². The number of ether oxygens (including phenoxy) is 1. The fourth-order valence-corrected chi connectivity index (χ4v) is 4.29. The quantitative estimate of drug-likeness (QED) is 0.398. The van der Waals surface area contributed by atoms with Crippen LogP contribution in [0.3, 0.4) is 0 Å². The standard InChI is InChI=1S/C25H24ClFN2O3S/c26-19-5-11-22(12-6-19)32-17-25(31)29(21-9-10-21)16-24(30)28(15-23-2-1-13-33-23)14-18-3-7-20(27)8-4-18/h1-8,11-13,21H,9-10,14-17H2. The second kappa shape index (κ2) is 10.8. The van der Waals surface area contributed by atoms with Gasteiger partial charge in [-0.25, -0.2) is 4.39 Å². The van der Waals surface area contributed by atoms with Crippen molar-refractivity contribution in [1.29, 1.82) is 0 Å². The molecule has 4 rings (SSSR count). The average Bonchev–Trinajstić information content (AvgIpc) is 3.53. The first-order valence-electron chi connectivity index (χ1n) is 10.7. The van der Waals surface area contributed by atoms with Gasteiger partial charge in [-0.2, -0.15) is 0 Å². The van der Waals surface area contributed by atoms with E-state index >= 15 is 0 Å². The smallest absolute Gasteiger partial charge is 0.261 e. The van der Waals surface area contributed by atoms with Crippen molar-refractivity contribution in [3.63, 3.8) is 0 Å². The third kappa shape index (κ3) is 6.79. The minimum atomic E-state index is -0.318. The maximum atomic E-state index is 13.3. The number of amides is 2. The van der Waals surface area contributed by atoms with Gasteiger partial charge in [-0.15, -0.1) is 11.3 Å². The van der Waals surface area contributed by atoms with Crippen LogP contribution in [0.25, 0.3) is 0 Å². The van der Waals surface area contributed by atoms with E-state index in [9.17, 15) is 14.0 Å². The second-order valence-electron chi connectivity index (χ2n) is 7.95. The normalized spacial score (nSPS) is 12.9. The zero-order valence-electron chi connectivity index (χ0n) is 18.0. The Balaban J connectivity index is 1.42. The number of halogens is 2. The SMILES string of the molecule is O=C(CN(C(=O)COc1ccc(Cl)cc1)C1CC1)N(Cc1ccc(F)cc1)Cc1cccs1. The zero-order chi connectivity index (χ0) is 23.2. The largest absolute Gasteiger partial charge is 0.484 e. The summed E-state index contributed by atoms with van der Waals surface area (Å²) in [5.74, 6) is -0.148. The molecule has 0 spiro atoms. The summed E-state index contributed by atoms with van der Waals surface area (Å²) in [4.78, 5) is 30.6. The van der Waals surface area contributed by atoms with E-state index in [-0.39, 0.29) is 36.8 Å². The van der Waals surface area contributed by atoms with Crippen molar-refractivity contribution in [2.45, 2.75) is 32.0 Å². The maximum absolute atomic E-state index is 13.3. The zero-order valence-corrected chi connectivity index (χ0v) is 19.5. The highest BCUT2D eigenvalue weighted by Crippen LogP contribution is 2.27. The van der Waals surface area contributed by atoms with Gasteiger partial charge in [0.1, 0.15) is 18.1 Å². The lowest BCUT2D eigenvalue weighted by molar-refractivity contribution is -0.142. The van der Waals surface area contributed by atoms with Crippen LogP contribution in [-0.2, 0) is 22.7 Å². The van der Waals surface area contributed by atoms with Crippen LogP contribution in [0.5, 0.6) is 5.75 Å². The number of rotatable bonds is 10. The lowest BCUT2D eigenvalue weighted by Gasteiger charge is -2.27. The molecule has 0 N–H and O–H groups in total. The van der Waals surface area contributed by atoms with Crippen LogP contribution in [0.1, 0.15) is 23.3 Å². The Hall–Kier alpha value is -2.90. The first-order valence-corrected chi connectivity index (χ1v) is 12.0. The number of hydrogen-bond acceptors (Lipinski definition) is 4. The van der Waals surface area contributed by atoms with Crippen LogP contribution in [0.15, 0.2) is 66.0 Å². The number of benzene rings is 2. The summed E-state index contributed by atoms with van der Waals surface area (Å²) in [5, 5.41) is 2.55. The Morgan fingerprint density at radius 2 is 1.73 bits per heavy atom. The predicted molar refractivity (Wildman–Crippen MR) is 127 cm³/mol. The van der Waals surface area contributed by atoms with Crippen molar-refractivity contribution in [2.24, 2.45) is 0 Å². The first-order chi connectivity index (χ1) is 16.0. The highest BCUT2D eigenvalue weighted by atomic mass is 35.5. The molecule has 1 fully saturated rings. The van der Waals surface area contributed by atoms with E-state index in [2.05, 4.69) is 0 Å². The summed E-state index contributed by atoms with van der Waals surface area (Å²) in [6, 6.07) is 16.9. The third-order valence-corrected chi connectivity index (χ3v) is 6.47. The summed E-state index contributed by atoms with van der Waals surface area (Å²) >= 11 is 7.46. The molecule has 0 saturated heterocycles. The number of carbonyl (C=O) groups excluding carboxylic acids is 2. The van der Waals surface area contributed by atoms with Crippen molar-refractivity contribution in [3.8, 4) is 5.75 Å². The Morgan fingerprint density at radius 1 is 1.00 bits per heavy atom. The number of hydrogen-bond donors (Lipinski definition) is 0. The van der Waals surface area contributed by atoms with Gasteiger partial charge in [0.25, 0.3) is 5.91 Å². The minimum absolute atomic E-state index is 0.0138. The molecule has 3 aromatic rings. The molecule has 0 unspecified atom stereocenters. The number of nitrogens with zero attached hydrogens (tertiary/aromatic N) is 2. The van der Waals surface area contributed by atoms with Gasteiger partial charge in [-0.3, -0.25) is 9.59 Å². The van der Waals surface area contributed by atoms with Crippen LogP contribution in [0.2, 0.25) is 5.02 Å². The predicted octanol–water partition coefficient (Wildman–Crippen LogP) is 5.14. The molecule has 33 heavy (non-hydrogen) atoms. The monoisotopic (exact) mass is 486 g/mol. The molecule has 2 aromatic carbocycles. The summed E-state index contributed by atoms with van der Waals surface area (Å²) < 4.78 is 18.9. The molecule has 5 nitrogen and oxygen atoms in total. The minimum Gasteiger partial charge on any atom is -0.484 e. The van der Waals surface area contributed by atoms with E-state index < -0.39 is 0 Å². The van der Waals surface area contributed by atoms with Gasteiger partial charge in [0.05, 0.1) is 6.54 Å². The van der Waals surface area contributed by atoms with Crippen LogP contribution in [0.4, 0.5) is 4.39 Å². The molecule has 1 aliphatic carbocycles. The Kier molecular flexibility index (Phi) is 7.62. The van der Waals surface area contributed by atoms with Gasteiger partial charge in [-0.05, 0) is 66.2 Å². The third-order valence-electron chi connectivity index (χ3n) is 5.36. The molecular formula is C25H24ClFN2O3S. The van der Waals surface area contributed by atoms with Gasteiger partial charge in [0, 0.05) is 22.5 Å². The fraction of sp³-hybridized carbons (Fsp3) is 0.280. The summed E-state index contributed by atoms with van der Waals surface area (Å²) in [6.45, 7) is 0.612. The molecule has 0 aliphatic heterocycles. The van der Waals surface area contributed by atoms with E-state index in [1.807, 2.05) is 17.5 Å². The number of thiophene rings is 1. The summed E-state index contributed by atoms with van der Waals surface area (Å²) in [6.07, 6.45) is 1.76.